The Morgan fingerprint density at radius 2 is 1.86 bits per heavy atom. The smallest absolute Gasteiger partial charge is 0.258 e. The normalized spacial score (nSPS) is 12.9. The second-order valence-electron chi connectivity index (χ2n) is 6.99. The third-order valence-electron chi connectivity index (χ3n) is 5.07. The highest BCUT2D eigenvalue weighted by atomic mass is 16.5. The molecule has 0 unspecified atom stereocenters. The molecule has 29 heavy (non-hydrogen) atoms. The molecule has 3 aromatic rings. The zero-order valence-corrected chi connectivity index (χ0v) is 17.3. The maximum absolute atomic E-state index is 5.72. The fourth-order valence-corrected chi connectivity index (χ4v) is 3.85. The molecule has 0 saturated carbocycles. The first-order valence-electron chi connectivity index (χ1n) is 10.4. The van der Waals surface area contributed by atoms with Gasteiger partial charge < -0.3 is 18.9 Å². The molecule has 2 aromatic carbocycles. The summed E-state index contributed by atoms with van der Waals surface area (Å²) in [6.45, 7) is 9.36. The number of rotatable bonds is 8. The number of anilines is 1. The van der Waals surface area contributed by atoms with Gasteiger partial charge in [0.15, 0.2) is 11.5 Å². The molecule has 0 spiro atoms. The molecule has 0 N–H and O–H groups in total. The molecule has 0 aliphatic carbocycles. The van der Waals surface area contributed by atoms with Crippen LogP contribution >= 0.6 is 0 Å². The van der Waals surface area contributed by atoms with Gasteiger partial charge in [-0.05, 0) is 56.5 Å². The van der Waals surface area contributed by atoms with Gasteiger partial charge >= 0.3 is 0 Å². The summed E-state index contributed by atoms with van der Waals surface area (Å²) in [7, 11) is 0. The molecule has 152 valence electrons. The van der Waals surface area contributed by atoms with Gasteiger partial charge in [-0.2, -0.15) is 4.98 Å². The molecule has 0 saturated heterocycles. The lowest BCUT2D eigenvalue weighted by molar-refractivity contribution is 0.288. The molecule has 1 aliphatic heterocycles. The lowest BCUT2D eigenvalue weighted by Crippen LogP contribution is -2.20. The largest absolute Gasteiger partial charge is 0.490 e. The van der Waals surface area contributed by atoms with Crippen LogP contribution in [0.1, 0.15) is 32.8 Å². The Bertz CT molecular complexity index is 983. The van der Waals surface area contributed by atoms with Gasteiger partial charge in [0.25, 0.3) is 5.89 Å². The summed E-state index contributed by atoms with van der Waals surface area (Å²) in [5.41, 5.74) is 4.45. The van der Waals surface area contributed by atoms with E-state index in [4.69, 9.17) is 14.0 Å². The first-order chi connectivity index (χ1) is 14.2. The summed E-state index contributed by atoms with van der Waals surface area (Å²) in [6.07, 6.45) is 2.14. The molecule has 0 radical (unpaired) electrons. The Morgan fingerprint density at radius 1 is 1.03 bits per heavy atom. The minimum atomic E-state index is 0.477. The molecular weight excluding hydrogens is 366 g/mol. The predicted octanol–water partition coefficient (Wildman–Crippen LogP) is 4.97. The molecule has 2 heterocycles. The standard InChI is InChI=1S/C23H27N3O3/c1-4-13-26-14-12-17-18(8-7-9-19(17)26)22-24-23(29-25-22)16-10-11-20(27-5-2)21(15-16)28-6-3/h7-11,15H,4-6,12-14H2,1-3H3. The van der Waals surface area contributed by atoms with Crippen molar-refractivity contribution in [2.24, 2.45) is 0 Å². The van der Waals surface area contributed by atoms with Crippen molar-refractivity contribution in [2.75, 3.05) is 31.2 Å². The van der Waals surface area contributed by atoms with Crippen LogP contribution in [0.4, 0.5) is 5.69 Å². The number of aromatic nitrogens is 2. The van der Waals surface area contributed by atoms with Gasteiger partial charge in [0.1, 0.15) is 0 Å². The van der Waals surface area contributed by atoms with Crippen molar-refractivity contribution in [3.63, 3.8) is 0 Å². The molecule has 6 nitrogen and oxygen atoms in total. The summed E-state index contributed by atoms with van der Waals surface area (Å²) in [5.74, 6) is 2.50. The topological polar surface area (TPSA) is 60.6 Å². The van der Waals surface area contributed by atoms with E-state index in [0.29, 0.717) is 30.7 Å². The highest BCUT2D eigenvalue weighted by Crippen LogP contribution is 2.37. The molecule has 1 aliphatic rings. The Morgan fingerprint density at radius 3 is 2.66 bits per heavy atom. The van der Waals surface area contributed by atoms with E-state index in [-0.39, 0.29) is 0 Å². The third kappa shape index (κ3) is 3.79. The summed E-state index contributed by atoms with van der Waals surface area (Å²) in [4.78, 5) is 7.11. The summed E-state index contributed by atoms with van der Waals surface area (Å²) < 4.78 is 17.0. The molecule has 4 rings (SSSR count). The van der Waals surface area contributed by atoms with E-state index >= 15 is 0 Å². The van der Waals surface area contributed by atoms with Gasteiger partial charge in [-0.15, -0.1) is 0 Å². The summed E-state index contributed by atoms with van der Waals surface area (Å²) in [5, 5.41) is 4.27. The number of nitrogens with zero attached hydrogens (tertiary/aromatic N) is 3. The van der Waals surface area contributed by atoms with Gasteiger partial charge in [0, 0.05) is 29.9 Å². The van der Waals surface area contributed by atoms with E-state index < -0.39 is 0 Å². The third-order valence-corrected chi connectivity index (χ3v) is 5.07. The predicted molar refractivity (Wildman–Crippen MR) is 114 cm³/mol. The van der Waals surface area contributed by atoms with Crippen LogP contribution in [0, 0.1) is 0 Å². The SMILES string of the molecule is CCCN1CCc2c(-c3noc(-c4ccc(OCC)c(OCC)c4)n3)cccc21. The van der Waals surface area contributed by atoms with Gasteiger partial charge in [-0.3, -0.25) is 0 Å². The zero-order chi connectivity index (χ0) is 20.2. The first-order valence-corrected chi connectivity index (χ1v) is 10.4. The van der Waals surface area contributed by atoms with E-state index in [1.54, 1.807) is 0 Å². The second-order valence-corrected chi connectivity index (χ2v) is 6.99. The van der Waals surface area contributed by atoms with Crippen molar-refractivity contribution in [3.05, 3.63) is 42.0 Å². The minimum absolute atomic E-state index is 0.477. The summed E-state index contributed by atoms with van der Waals surface area (Å²) in [6, 6.07) is 12.0. The van der Waals surface area contributed by atoms with E-state index in [0.717, 1.165) is 42.8 Å². The maximum atomic E-state index is 5.72. The molecule has 0 atom stereocenters. The Hall–Kier alpha value is -3.02. The van der Waals surface area contributed by atoms with E-state index in [2.05, 4.69) is 40.2 Å². The van der Waals surface area contributed by atoms with Crippen molar-refractivity contribution < 1.29 is 14.0 Å². The number of fused-ring (bicyclic) bond motifs is 1. The quantitative estimate of drug-likeness (QED) is 0.538. The van der Waals surface area contributed by atoms with Gasteiger partial charge in [-0.25, -0.2) is 0 Å². The van der Waals surface area contributed by atoms with Crippen LogP contribution in [0.15, 0.2) is 40.9 Å². The van der Waals surface area contributed by atoms with Gasteiger partial charge in [0.05, 0.1) is 13.2 Å². The fraction of sp³-hybridized carbons (Fsp3) is 0.391. The second kappa shape index (κ2) is 8.55. The van der Waals surface area contributed by atoms with Crippen LogP contribution in [-0.4, -0.2) is 36.4 Å². The van der Waals surface area contributed by atoms with Gasteiger partial charge in [-0.1, -0.05) is 24.2 Å². The molecular formula is C23H27N3O3. The fourth-order valence-electron chi connectivity index (χ4n) is 3.85. The minimum Gasteiger partial charge on any atom is -0.490 e. The summed E-state index contributed by atoms with van der Waals surface area (Å²) >= 11 is 0. The van der Waals surface area contributed by atoms with Crippen LogP contribution < -0.4 is 14.4 Å². The van der Waals surface area contributed by atoms with E-state index in [1.165, 1.54) is 11.3 Å². The number of ether oxygens (including phenoxy) is 2. The van der Waals surface area contributed by atoms with Crippen LogP contribution in [-0.2, 0) is 6.42 Å². The molecule has 0 amide bonds. The zero-order valence-electron chi connectivity index (χ0n) is 17.3. The van der Waals surface area contributed by atoms with Gasteiger partial charge in [0.2, 0.25) is 5.82 Å². The highest BCUT2D eigenvalue weighted by Gasteiger charge is 2.24. The van der Waals surface area contributed by atoms with Crippen molar-refractivity contribution in [1.82, 2.24) is 10.1 Å². The Kier molecular flexibility index (Phi) is 5.69. The number of hydrogen-bond acceptors (Lipinski definition) is 6. The van der Waals surface area contributed by atoms with Crippen LogP contribution in [0.5, 0.6) is 11.5 Å². The average Bonchev–Trinajstić information content (AvgIpc) is 3.38. The van der Waals surface area contributed by atoms with Crippen LogP contribution in [0.25, 0.3) is 22.8 Å². The van der Waals surface area contributed by atoms with E-state index in [1.807, 2.05) is 32.0 Å². The number of benzene rings is 2. The molecule has 0 bridgehead atoms. The van der Waals surface area contributed by atoms with Crippen LogP contribution in [0.3, 0.4) is 0 Å². The van der Waals surface area contributed by atoms with Crippen LogP contribution in [0.2, 0.25) is 0 Å². The Balaban J connectivity index is 1.66. The van der Waals surface area contributed by atoms with Crippen molar-refractivity contribution in [3.8, 4) is 34.3 Å². The first kappa shape index (κ1) is 19.3. The highest BCUT2D eigenvalue weighted by molar-refractivity contribution is 5.73. The lowest BCUT2D eigenvalue weighted by atomic mass is 10.0. The Labute approximate surface area is 171 Å². The molecule has 1 aromatic heterocycles. The lowest BCUT2D eigenvalue weighted by Gasteiger charge is -2.18. The molecule has 6 heteroatoms. The monoisotopic (exact) mass is 393 g/mol. The van der Waals surface area contributed by atoms with Crippen molar-refractivity contribution in [2.45, 2.75) is 33.6 Å². The van der Waals surface area contributed by atoms with E-state index in [9.17, 15) is 0 Å². The van der Waals surface area contributed by atoms with Crippen molar-refractivity contribution in [1.29, 1.82) is 0 Å². The number of hydrogen-bond donors (Lipinski definition) is 0. The van der Waals surface area contributed by atoms with Crippen molar-refractivity contribution >= 4 is 5.69 Å². The maximum Gasteiger partial charge on any atom is 0.258 e. The average molecular weight is 393 g/mol. The molecule has 0 fully saturated rings.